The van der Waals surface area contributed by atoms with E-state index in [-0.39, 0.29) is 23.2 Å². The van der Waals surface area contributed by atoms with Gasteiger partial charge in [0.2, 0.25) is 10.0 Å². The van der Waals surface area contributed by atoms with Crippen LogP contribution in [-0.4, -0.2) is 31.3 Å². The van der Waals surface area contributed by atoms with Crippen LogP contribution < -0.4 is 9.46 Å². The van der Waals surface area contributed by atoms with Crippen LogP contribution in [0.3, 0.4) is 0 Å². The van der Waals surface area contributed by atoms with Crippen molar-refractivity contribution in [1.29, 1.82) is 0 Å². The predicted molar refractivity (Wildman–Crippen MR) is 107 cm³/mol. The third kappa shape index (κ3) is 4.43. The average Bonchev–Trinajstić information content (AvgIpc) is 3.27. The van der Waals surface area contributed by atoms with Crippen molar-refractivity contribution in [2.45, 2.75) is 31.7 Å². The molecule has 0 bridgehead atoms. The lowest BCUT2D eigenvalue weighted by Gasteiger charge is -2.19. The first-order chi connectivity index (χ1) is 13.3. The van der Waals surface area contributed by atoms with Crippen LogP contribution >= 0.6 is 11.3 Å². The fraction of sp³-hybridized carbons (Fsp3) is 0.316. The van der Waals surface area contributed by atoms with E-state index >= 15 is 0 Å². The molecule has 1 N–H and O–H groups in total. The van der Waals surface area contributed by atoms with E-state index in [1.807, 2.05) is 36.7 Å². The molecule has 0 fully saturated rings. The van der Waals surface area contributed by atoms with E-state index < -0.39 is 15.8 Å². The maximum Gasteiger partial charge on any atom is 0.240 e. The molecule has 1 aromatic carbocycles. The Hall–Kier alpha value is -2.23. The maximum atomic E-state index is 14.1. The van der Waals surface area contributed by atoms with Crippen LogP contribution in [0.5, 0.6) is 5.75 Å². The van der Waals surface area contributed by atoms with Crippen molar-refractivity contribution in [1.82, 2.24) is 14.5 Å². The van der Waals surface area contributed by atoms with Gasteiger partial charge < -0.3 is 4.74 Å². The van der Waals surface area contributed by atoms with E-state index in [0.717, 1.165) is 23.0 Å². The van der Waals surface area contributed by atoms with Crippen LogP contribution in [0.15, 0.2) is 46.0 Å². The van der Waals surface area contributed by atoms with Crippen molar-refractivity contribution in [3.63, 3.8) is 0 Å². The number of ether oxygens (including phenoxy) is 1. The number of aryl methyl sites for hydroxylation is 2. The first-order valence-electron chi connectivity index (χ1n) is 8.78. The molecule has 28 heavy (non-hydrogen) atoms. The monoisotopic (exact) mass is 423 g/mol. The van der Waals surface area contributed by atoms with Gasteiger partial charge in [0.15, 0.2) is 11.6 Å². The Morgan fingerprint density at radius 3 is 2.64 bits per heavy atom. The van der Waals surface area contributed by atoms with Crippen LogP contribution in [0.4, 0.5) is 4.39 Å². The van der Waals surface area contributed by atoms with E-state index in [1.54, 1.807) is 11.6 Å². The SMILES string of the molecule is CCOc1ccc(S(=O)(=O)NCC(c2ccsc2)n2nc(C)cc2C)cc1F. The fourth-order valence-electron chi connectivity index (χ4n) is 2.96. The number of nitrogens with one attached hydrogen (secondary N) is 1. The molecule has 150 valence electrons. The Morgan fingerprint density at radius 1 is 1.29 bits per heavy atom. The zero-order valence-electron chi connectivity index (χ0n) is 15.8. The van der Waals surface area contributed by atoms with Crippen LogP contribution in [0.25, 0.3) is 0 Å². The van der Waals surface area contributed by atoms with Crippen molar-refractivity contribution in [3.8, 4) is 5.75 Å². The molecule has 3 rings (SSSR count). The van der Waals surface area contributed by atoms with Gasteiger partial charge in [-0.25, -0.2) is 17.5 Å². The second-order valence-electron chi connectivity index (χ2n) is 6.32. The zero-order valence-corrected chi connectivity index (χ0v) is 17.5. The van der Waals surface area contributed by atoms with Crippen LogP contribution in [0.1, 0.15) is 29.9 Å². The number of thiophene rings is 1. The van der Waals surface area contributed by atoms with E-state index in [2.05, 4.69) is 9.82 Å². The Bertz CT molecular complexity index is 1050. The molecule has 3 aromatic rings. The van der Waals surface area contributed by atoms with Crippen LogP contribution in [0, 0.1) is 19.7 Å². The lowest BCUT2D eigenvalue weighted by atomic mass is 10.1. The van der Waals surface area contributed by atoms with Crippen molar-refractivity contribution >= 4 is 21.4 Å². The predicted octanol–water partition coefficient (Wildman–Crippen LogP) is 3.67. The highest BCUT2D eigenvalue weighted by atomic mass is 32.2. The summed E-state index contributed by atoms with van der Waals surface area (Å²) in [6.07, 6.45) is 0. The number of benzene rings is 1. The molecule has 0 amide bonds. The molecular formula is C19H22FN3O3S2. The summed E-state index contributed by atoms with van der Waals surface area (Å²) in [6.45, 7) is 5.94. The molecule has 6 nitrogen and oxygen atoms in total. The van der Waals surface area contributed by atoms with Gasteiger partial charge in [-0.1, -0.05) is 0 Å². The van der Waals surface area contributed by atoms with Crippen molar-refractivity contribution in [2.75, 3.05) is 13.2 Å². The molecular weight excluding hydrogens is 401 g/mol. The third-order valence-corrected chi connectivity index (χ3v) is 6.37. The van der Waals surface area contributed by atoms with Gasteiger partial charge in [-0.3, -0.25) is 4.68 Å². The maximum absolute atomic E-state index is 14.1. The summed E-state index contributed by atoms with van der Waals surface area (Å²) in [5.41, 5.74) is 2.74. The molecule has 0 saturated carbocycles. The van der Waals surface area contributed by atoms with E-state index in [0.29, 0.717) is 6.61 Å². The summed E-state index contributed by atoms with van der Waals surface area (Å²) in [7, 11) is -3.90. The quantitative estimate of drug-likeness (QED) is 0.600. The van der Waals surface area contributed by atoms with Crippen LogP contribution in [-0.2, 0) is 10.0 Å². The molecule has 0 aliphatic carbocycles. The average molecular weight is 424 g/mol. The van der Waals surface area contributed by atoms with E-state index in [4.69, 9.17) is 4.74 Å². The number of nitrogens with zero attached hydrogens (tertiary/aromatic N) is 2. The van der Waals surface area contributed by atoms with Gasteiger partial charge in [-0.2, -0.15) is 16.4 Å². The molecule has 9 heteroatoms. The van der Waals surface area contributed by atoms with Gasteiger partial charge in [0, 0.05) is 12.2 Å². The zero-order chi connectivity index (χ0) is 20.3. The summed E-state index contributed by atoms with van der Waals surface area (Å²) in [4.78, 5) is -0.147. The molecule has 2 heterocycles. The summed E-state index contributed by atoms with van der Waals surface area (Å²) in [6, 6.07) is 7.20. The van der Waals surface area contributed by atoms with Gasteiger partial charge in [-0.05, 0) is 67.4 Å². The molecule has 2 aromatic heterocycles. The lowest BCUT2D eigenvalue weighted by molar-refractivity contribution is 0.321. The molecule has 0 aliphatic rings. The molecule has 0 saturated heterocycles. The normalized spacial score (nSPS) is 12.9. The topological polar surface area (TPSA) is 73.2 Å². The first-order valence-corrected chi connectivity index (χ1v) is 11.2. The third-order valence-electron chi connectivity index (χ3n) is 4.25. The number of rotatable bonds is 8. The van der Waals surface area contributed by atoms with E-state index in [9.17, 15) is 12.8 Å². The highest BCUT2D eigenvalue weighted by Crippen LogP contribution is 2.24. The standard InChI is InChI=1S/C19H22FN3O3S2/c1-4-26-19-6-5-16(10-17(19)20)28(24,25)21-11-18(15-7-8-27-12-15)23-14(3)9-13(2)22-23/h5-10,12,18,21H,4,11H2,1-3H3. The summed E-state index contributed by atoms with van der Waals surface area (Å²) in [5.74, 6) is -0.683. The number of halogens is 1. The molecule has 1 unspecified atom stereocenters. The second-order valence-corrected chi connectivity index (χ2v) is 8.87. The Kier molecular flexibility index (Phi) is 6.17. The van der Waals surface area contributed by atoms with E-state index in [1.165, 1.54) is 23.5 Å². The molecule has 0 radical (unpaired) electrons. The highest BCUT2D eigenvalue weighted by Gasteiger charge is 2.22. The minimum atomic E-state index is -3.90. The minimum Gasteiger partial charge on any atom is -0.491 e. The summed E-state index contributed by atoms with van der Waals surface area (Å²) < 4.78 is 49.0. The lowest BCUT2D eigenvalue weighted by Crippen LogP contribution is -2.32. The number of aromatic nitrogens is 2. The van der Waals surface area contributed by atoms with Gasteiger partial charge in [-0.15, -0.1) is 0 Å². The first kappa shape index (κ1) is 20.5. The van der Waals surface area contributed by atoms with Crippen molar-refractivity contribution in [2.24, 2.45) is 0 Å². The van der Waals surface area contributed by atoms with Crippen LogP contribution in [0.2, 0.25) is 0 Å². The molecule has 0 aliphatic heterocycles. The molecule has 0 spiro atoms. The highest BCUT2D eigenvalue weighted by molar-refractivity contribution is 7.89. The number of hydrogen-bond donors (Lipinski definition) is 1. The smallest absolute Gasteiger partial charge is 0.240 e. The Morgan fingerprint density at radius 2 is 2.07 bits per heavy atom. The van der Waals surface area contributed by atoms with Gasteiger partial charge in [0.25, 0.3) is 0 Å². The Balaban J connectivity index is 1.84. The van der Waals surface area contributed by atoms with Gasteiger partial charge >= 0.3 is 0 Å². The summed E-state index contributed by atoms with van der Waals surface area (Å²) >= 11 is 1.53. The fourth-order valence-corrected chi connectivity index (χ4v) is 4.72. The second kappa shape index (κ2) is 8.42. The number of sulfonamides is 1. The van der Waals surface area contributed by atoms with Crippen molar-refractivity contribution in [3.05, 3.63) is 63.9 Å². The van der Waals surface area contributed by atoms with Gasteiger partial charge in [0.1, 0.15) is 0 Å². The Labute approximate surface area is 168 Å². The number of hydrogen-bond acceptors (Lipinski definition) is 5. The summed E-state index contributed by atoms with van der Waals surface area (Å²) in [5, 5.41) is 8.40. The minimum absolute atomic E-state index is 0.0280. The van der Waals surface area contributed by atoms with Gasteiger partial charge in [0.05, 0.1) is 23.2 Å². The van der Waals surface area contributed by atoms with Crippen molar-refractivity contribution < 1.29 is 17.5 Å². The molecule has 1 atom stereocenters. The largest absolute Gasteiger partial charge is 0.491 e.